The first-order valence-electron chi connectivity index (χ1n) is 6.73. The van der Waals surface area contributed by atoms with Gasteiger partial charge in [0, 0.05) is 12.2 Å². The molecule has 3 N–H and O–H groups in total. The Hall–Kier alpha value is -2.64. The van der Waals surface area contributed by atoms with Crippen LogP contribution in [-0.2, 0) is 14.3 Å². The summed E-state index contributed by atoms with van der Waals surface area (Å²) in [5, 5.41) is 7.02. The third-order valence-corrected chi connectivity index (χ3v) is 3.10. The van der Waals surface area contributed by atoms with Crippen LogP contribution in [0, 0.1) is 11.7 Å². The summed E-state index contributed by atoms with van der Waals surface area (Å²) in [7, 11) is 1.14. The lowest BCUT2D eigenvalue weighted by Gasteiger charge is -2.09. The third-order valence-electron chi connectivity index (χ3n) is 3.10. The monoisotopic (exact) mass is 309 g/mol. The summed E-state index contributed by atoms with van der Waals surface area (Å²) in [5.41, 5.74) is 0.0161. The van der Waals surface area contributed by atoms with E-state index in [4.69, 9.17) is 0 Å². The Morgan fingerprint density at radius 3 is 2.59 bits per heavy atom. The van der Waals surface area contributed by atoms with Crippen LogP contribution in [0.3, 0.4) is 0 Å². The number of benzene rings is 1. The number of carbonyl (C=O) groups excluding carboxylic acids is 3. The van der Waals surface area contributed by atoms with Gasteiger partial charge in [-0.3, -0.25) is 14.9 Å². The van der Waals surface area contributed by atoms with Crippen LogP contribution in [0.2, 0.25) is 0 Å². The Labute approximate surface area is 126 Å². The fraction of sp³-hybridized carbons (Fsp3) is 0.357. The molecule has 0 spiro atoms. The maximum absolute atomic E-state index is 13.5. The van der Waals surface area contributed by atoms with E-state index in [2.05, 4.69) is 20.7 Å². The maximum atomic E-state index is 13.5. The number of hydrogen-bond acceptors (Lipinski definition) is 4. The molecular formula is C14H16FN3O4. The van der Waals surface area contributed by atoms with Crippen LogP contribution >= 0.6 is 0 Å². The van der Waals surface area contributed by atoms with E-state index < -0.39 is 23.7 Å². The van der Waals surface area contributed by atoms with Gasteiger partial charge in [0.15, 0.2) is 0 Å². The highest BCUT2D eigenvalue weighted by atomic mass is 19.1. The minimum absolute atomic E-state index is 0.164. The first-order valence-corrected chi connectivity index (χ1v) is 6.73. The molecule has 1 aromatic rings. The summed E-state index contributed by atoms with van der Waals surface area (Å²) in [4.78, 5) is 34.3. The maximum Gasteiger partial charge on any atom is 0.411 e. The highest BCUT2D eigenvalue weighted by molar-refractivity contribution is 6.39. The number of anilines is 2. The topological polar surface area (TPSA) is 96.5 Å². The first kappa shape index (κ1) is 15.7. The number of amides is 3. The Morgan fingerprint density at radius 1 is 1.23 bits per heavy atom. The Kier molecular flexibility index (Phi) is 4.92. The van der Waals surface area contributed by atoms with Crippen molar-refractivity contribution in [2.45, 2.75) is 12.8 Å². The number of methoxy groups -OCH3 is 1. The van der Waals surface area contributed by atoms with E-state index in [0.717, 1.165) is 26.0 Å². The third kappa shape index (κ3) is 4.44. The molecule has 118 valence electrons. The molecule has 0 radical (unpaired) electrons. The average Bonchev–Trinajstić information content (AvgIpc) is 3.32. The van der Waals surface area contributed by atoms with Gasteiger partial charge in [-0.25, -0.2) is 9.18 Å². The van der Waals surface area contributed by atoms with Crippen LogP contribution in [0.15, 0.2) is 18.2 Å². The van der Waals surface area contributed by atoms with Crippen LogP contribution < -0.4 is 16.0 Å². The fourth-order valence-electron chi connectivity index (χ4n) is 1.69. The summed E-state index contributed by atoms with van der Waals surface area (Å²) in [6, 6.07) is 3.53. The molecule has 7 nitrogen and oxygen atoms in total. The van der Waals surface area contributed by atoms with Crippen molar-refractivity contribution in [1.82, 2.24) is 5.32 Å². The van der Waals surface area contributed by atoms with E-state index in [-0.39, 0.29) is 11.4 Å². The van der Waals surface area contributed by atoms with Gasteiger partial charge >= 0.3 is 17.9 Å². The van der Waals surface area contributed by atoms with Gasteiger partial charge in [-0.05, 0) is 37.0 Å². The van der Waals surface area contributed by atoms with Crippen molar-refractivity contribution in [2.75, 3.05) is 24.3 Å². The second-order valence-electron chi connectivity index (χ2n) is 4.92. The van der Waals surface area contributed by atoms with Gasteiger partial charge in [0.05, 0.1) is 12.8 Å². The van der Waals surface area contributed by atoms with E-state index in [1.807, 2.05) is 0 Å². The molecule has 1 saturated carbocycles. The minimum Gasteiger partial charge on any atom is -0.453 e. The van der Waals surface area contributed by atoms with Gasteiger partial charge in [-0.1, -0.05) is 0 Å². The molecule has 1 aliphatic carbocycles. The molecule has 0 heterocycles. The van der Waals surface area contributed by atoms with Gasteiger partial charge in [-0.2, -0.15) is 0 Å². The molecule has 1 fully saturated rings. The second kappa shape index (κ2) is 6.88. The van der Waals surface area contributed by atoms with E-state index in [1.165, 1.54) is 12.1 Å². The molecular weight excluding hydrogens is 293 g/mol. The van der Waals surface area contributed by atoms with Crippen molar-refractivity contribution in [3.05, 3.63) is 24.0 Å². The first-order chi connectivity index (χ1) is 10.5. The summed E-state index contributed by atoms with van der Waals surface area (Å²) in [5.74, 6) is -1.84. The smallest absolute Gasteiger partial charge is 0.411 e. The zero-order valence-corrected chi connectivity index (χ0v) is 11.9. The van der Waals surface area contributed by atoms with Gasteiger partial charge in [-0.15, -0.1) is 0 Å². The van der Waals surface area contributed by atoms with E-state index in [0.29, 0.717) is 12.5 Å². The zero-order chi connectivity index (χ0) is 16.1. The van der Waals surface area contributed by atoms with Gasteiger partial charge in [0.2, 0.25) is 0 Å². The molecule has 0 saturated heterocycles. The largest absolute Gasteiger partial charge is 0.453 e. The number of rotatable bonds is 4. The highest BCUT2D eigenvalue weighted by Gasteiger charge is 2.23. The summed E-state index contributed by atoms with van der Waals surface area (Å²) in [6.45, 7) is 0.477. The number of nitrogens with one attached hydrogen (secondary N) is 3. The van der Waals surface area contributed by atoms with E-state index in [9.17, 15) is 18.8 Å². The molecule has 2 rings (SSSR count). The molecule has 0 aromatic heterocycles. The van der Waals surface area contributed by atoms with E-state index in [1.54, 1.807) is 0 Å². The normalized spacial score (nSPS) is 13.2. The Bertz CT molecular complexity index is 602. The lowest BCUT2D eigenvalue weighted by atomic mass is 10.2. The standard InChI is InChI=1S/C14H16FN3O4/c1-22-14(21)18-11-6-9(4-5-10(11)15)17-13(20)12(19)16-7-8-2-3-8/h4-6,8H,2-3,7H2,1H3,(H,16,19)(H,17,20)(H,18,21). The molecule has 8 heteroatoms. The number of ether oxygens (including phenoxy) is 1. The quantitative estimate of drug-likeness (QED) is 0.734. The van der Waals surface area contributed by atoms with Crippen LogP contribution in [0.4, 0.5) is 20.6 Å². The van der Waals surface area contributed by atoms with Crippen molar-refractivity contribution in [3.8, 4) is 0 Å². The molecule has 3 amide bonds. The molecule has 1 aromatic carbocycles. The second-order valence-corrected chi connectivity index (χ2v) is 4.92. The minimum atomic E-state index is -0.851. The molecule has 22 heavy (non-hydrogen) atoms. The van der Waals surface area contributed by atoms with Gasteiger partial charge < -0.3 is 15.4 Å². The van der Waals surface area contributed by atoms with Gasteiger partial charge in [0.25, 0.3) is 0 Å². The summed E-state index contributed by atoms with van der Waals surface area (Å²) in [6.07, 6.45) is 1.27. The van der Waals surface area contributed by atoms with Crippen LogP contribution in [0.5, 0.6) is 0 Å². The summed E-state index contributed by atoms with van der Waals surface area (Å²) < 4.78 is 17.9. The van der Waals surface area contributed by atoms with Crippen LogP contribution in [0.1, 0.15) is 12.8 Å². The lowest BCUT2D eigenvalue weighted by molar-refractivity contribution is -0.136. The molecule has 1 aliphatic rings. The van der Waals surface area contributed by atoms with E-state index >= 15 is 0 Å². The SMILES string of the molecule is COC(=O)Nc1cc(NC(=O)C(=O)NCC2CC2)ccc1F. The zero-order valence-electron chi connectivity index (χ0n) is 11.9. The van der Waals surface area contributed by atoms with Crippen molar-refractivity contribution in [2.24, 2.45) is 5.92 Å². The fourth-order valence-corrected chi connectivity index (χ4v) is 1.69. The van der Waals surface area contributed by atoms with Crippen LogP contribution in [0.25, 0.3) is 0 Å². The number of hydrogen-bond donors (Lipinski definition) is 3. The molecule has 0 unspecified atom stereocenters. The van der Waals surface area contributed by atoms with Crippen molar-refractivity contribution in [3.63, 3.8) is 0 Å². The molecule has 0 bridgehead atoms. The van der Waals surface area contributed by atoms with Crippen molar-refractivity contribution in [1.29, 1.82) is 0 Å². The van der Waals surface area contributed by atoms with Gasteiger partial charge in [0.1, 0.15) is 5.82 Å². The summed E-state index contributed by atoms with van der Waals surface area (Å²) >= 11 is 0. The molecule has 0 atom stereocenters. The predicted octanol–water partition coefficient (Wildman–Crippen LogP) is 1.47. The van der Waals surface area contributed by atoms with Crippen molar-refractivity contribution < 1.29 is 23.5 Å². The Morgan fingerprint density at radius 2 is 1.95 bits per heavy atom. The predicted molar refractivity (Wildman–Crippen MR) is 76.8 cm³/mol. The number of halogens is 1. The number of carbonyl (C=O) groups is 3. The van der Waals surface area contributed by atoms with Crippen LogP contribution in [-0.4, -0.2) is 31.6 Å². The lowest BCUT2D eigenvalue weighted by Crippen LogP contribution is -2.36. The van der Waals surface area contributed by atoms with Crippen molar-refractivity contribution >= 4 is 29.3 Å². The molecule has 0 aliphatic heterocycles. The average molecular weight is 309 g/mol. The highest BCUT2D eigenvalue weighted by Crippen LogP contribution is 2.27. The Balaban J connectivity index is 1.95.